The maximum absolute atomic E-state index is 9.09. The summed E-state index contributed by atoms with van der Waals surface area (Å²) in [5.41, 5.74) is 0. The molecule has 0 saturated heterocycles. The first kappa shape index (κ1) is 8.06. The van der Waals surface area contributed by atoms with Crippen LogP contribution in [-0.4, -0.2) is 11.2 Å². The van der Waals surface area contributed by atoms with Crippen molar-refractivity contribution in [3.05, 3.63) is 0 Å². The van der Waals surface area contributed by atoms with Gasteiger partial charge < -0.3 is 5.11 Å². The third-order valence-electron chi connectivity index (χ3n) is 2.62. The molecule has 1 aliphatic carbocycles. The van der Waals surface area contributed by atoms with Crippen molar-refractivity contribution >= 4 is 0 Å². The molecule has 60 valence electrons. The Morgan fingerprint density at radius 3 is 2.30 bits per heavy atom. The van der Waals surface area contributed by atoms with E-state index in [1.54, 1.807) is 0 Å². The average molecular weight is 142 g/mol. The standard InChI is InChI=1S/C9H18O/c1-6(4-8(3)10)9-5-7(9)2/h6-10H,4-5H2,1-3H3. The van der Waals surface area contributed by atoms with Crippen molar-refractivity contribution in [1.29, 1.82) is 0 Å². The molecule has 0 aromatic carbocycles. The summed E-state index contributed by atoms with van der Waals surface area (Å²) >= 11 is 0. The van der Waals surface area contributed by atoms with Gasteiger partial charge in [-0.3, -0.25) is 0 Å². The largest absolute Gasteiger partial charge is 0.393 e. The van der Waals surface area contributed by atoms with Crippen LogP contribution in [0.15, 0.2) is 0 Å². The average Bonchev–Trinajstić information content (AvgIpc) is 2.44. The van der Waals surface area contributed by atoms with Crippen molar-refractivity contribution in [3.8, 4) is 0 Å². The summed E-state index contributed by atoms with van der Waals surface area (Å²) in [7, 11) is 0. The summed E-state index contributed by atoms with van der Waals surface area (Å²) in [6.45, 7) is 6.42. The molecule has 4 unspecified atom stereocenters. The first-order valence-corrected chi connectivity index (χ1v) is 4.29. The van der Waals surface area contributed by atoms with E-state index in [-0.39, 0.29) is 6.10 Å². The molecule has 0 aliphatic heterocycles. The topological polar surface area (TPSA) is 20.2 Å². The highest BCUT2D eigenvalue weighted by molar-refractivity contribution is 4.86. The zero-order valence-corrected chi connectivity index (χ0v) is 7.17. The molecule has 0 amide bonds. The fraction of sp³-hybridized carbons (Fsp3) is 1.00. The van der Waals surface area contributed by atoms with Crippen LogP contribution in [0.25, 0.3) is 0 Å². The van der Waals surface area contributed by atoms with Crippen molar-refractivity contribution in [3.63, 3.8) is 0 Å². The molecule has 0 aromatic rings. The van der Waals surface area contributed by atoms with Gasteiger partial charge in [0.1, 0.15) is 0 Å². The molecule has 0 radical (unpaired) electrons. The van der Waals surface area contributed by atoms with Crippen LogP contribution in [0.1, 0.15) is 33.6 Å². The van der Waals surface area contributed by atoms with Gasteiger partial charge in [0.05, 0.1) is 6.10 Å². The fourth-order valence-corrected chi connectivity index (χ4v) is 1.86. The SMILES string of the molecule is CC(O)CC(C)C1CC1C. The lowest BCUT2D eigenvalue weighted by molar-refractivity contribution is 0.157. The molecule has 1 nitrogen and oxygen atoms in total. The smallest absolute Gasteiger partial charge is 0.0514 e. The van der Waals surface area contributed by atoms with E-state index in [4.69, 9.17) is 5.11 Å². The monoisotopic (exact) mass is 142 g/mol. The molecule has 1 N–H and O–H groups in total. The predicted octanol–water partition coefficient (Wildman–Crippen LogP) is 2.05. The minimum absolute atomic E-state index is 0.109. The number of hydrogen-bond acceptors (Lipinski definition) is 1. The quantitative estimate of drug-likeness (QED) is 0.639. The van der Waals surface area contributed by atoms with Gasteiger partial charge in [0.15, 0.2) is 0 Å². The van der Waals surface area contributed by atoms with Gasteiger partial charge in [-0.1, -0.05) is 13.8 Å². The summed E-state index contributed by atoms with van der Waals surface area (Å²) < 4.78 is 0. The maximum Gasteiger partial charge on any atom is 0.0514 e. The summed E-state index contributed by atoms with van der Waals surface area (Å²) in [5, 5.41) is 9.09. The highest BCUT2D eigenvalue weighted by Crippen LogP contribution is 2.45. The zero-order chi connectivity index (χ0) is 7.72. The molecule has 10 heavy (non-hydrogen) atoms. The van der Waals surface area contributed by atoms with Gasteiger partial charge in [-0.15, -0.1) is 0 Å². The van der Waals surface area contributed by atoms with Crippen LogP contribution < -0.4 is 0 Å². The molecule has 0 heterocycles. The lowest BCUT2D eigenvalue weighted by Gasteiger charge is -2.11. The lowest BCUT2D eigenvalue weighted by atomic mass is 9.98. The molecule has 1 heteroatoms. The molecule has 1 saturated carbocycles. The van der Waals surface area contributed by atoms with E-state index in [9.17, 15) is 0 Å². The highest BCUT2D eigenvalue weighted by atomic mass is 16.3. The predicted molar refractivity (Wildman–Crippen MR) is 42.7 cm³/mol. The van der Waals surface area contributed by atoms with Gasteiger partial charge in [0, 0.05) is 0 Å². The van der Waals surface area contributed by atoms with E-state index < -0.39 is 0 Å². The third-order valence-corrected chi connectivity index (χ3v) is 2.62. The Kier molecular flexibility index (Phi) is 2.35. The number of hydrogen-bond donors (Lipinski definition) is 1. The van der Waals surface area contributed by atoms with Crippen molar-refractivity contribution in [1.82, 2.24) is 0 Å². The van der Waals surface area contributed by atoms with Gasteiger partial charge in [-0.25, -0.2) is 0 Å². The number of aliphatic hydroxyl groups is 1. The fourth-order valence-electron chi connectivity index (χ4n) is 1.86. The first-order valence-electron chi connectivity index (χ1n) is 4.29. The van der Waals surface area contributed by atoms with Crippen LogP contribution in [-0.2, 0) is 0 Å². The molecule has 0 bridgehead atoms. The Bertz CT molecular complexity index is 109. The molecular formula is C9H18O. The Hall–Kier alpha value is -0.0400. The maximum atomic E-state index is 9.09. The minimum Gasteiger partial charge on any atom is -0.393 e. The Balaban J connectivity index is 2.16. The molecule has 1 aliphatic rings. The normalized spacial score (nSPS) is 37.2. The molecule has 0 aromatic heterocycles. The first-order chi connectivity index (χ1) is 4.61. The van der Waals surface area contributed by atoms with Crippen molar-refractivity contribution in [2.24, 2.45) is 17.8 Å². The second-order valence-corrected chi connectivity index (χ2v) is 3.94. The summed E-state index contributed by atoms with van der Waals surface area (Å²) in [6, 6.07) is 0. The van der Waals surface area contributed by atoms with Gasteiger partial charge in [0.2, 0.25) is 0 Å². The summed E-state index contributed by atoms with van der Waals surface area (Å²) in [5.74, 6) is 2.57. The molecule has 4 atom stereocenters. The van der Waals surface area contributed by atoms with E-state index in [0.29, 0.717) is 0 Å². The van der Waals surface area contributed by atoms with Crippen LogP contribution in [0, 0.1) is 17.8 Å². The Morgan fingerprint density at radius 2 is 2.00 bits per heavy atom. The van der Waals surface area contributed by atoms with Gasteiger partial charge >= 0.3 is 0 Å². The summed E-state index contributed by atoms with van der Waals surface area (Å²) in [6.07, 6.45) is 2.26. The van der Waals surface area contributed by atoms with Gasteiger partial charge in [0.25, 0.3) is 0 Å². The van der Waals surface area contributed by atoms with E-state index in [1.807, 2.05) is 6.92 Å². The van der Waals surface area contributed by atoms with Crippen LogP contribution in [0.3, 0.4) is 0 Å². The third kappa shape index (κ3) is 1.98. The minimum atomic E-state index is -0.109. The Morgan fingerprint density at radius 1 is 1.50 bits per heavy atom. The van der Waals surface area contributed by atoms with E-state index >= 15 is 0 Å². The number of aliphatic hydroxyl groups excluding tert-OH is 1. The van der Waals surface area contributed by atoms with Crippen LogP contribution >= 0.6 is 0 Å². The second kappa shape index (κ2) is 2.91. The van der Waals surface area contributed by atoms with Crippen molar-refractivity contribution < 1.29 is 5.11 Å². The van der Waals surface area contributed by atoms with E-state index in [2.05, 4.69) is 13.8 Å². The molecule has 0 spiro atoms. The lowest BCUT2D eigenvalue weighted by Crippen LogP contribution is -2.09. The zero-order valence-electron chi connectivity index (χ0n) is 7.17. The van der Waals surface area contributed by atoms with Crippen molar-refractivity contribution in [2.45, 2.75) is 39.7 Å². The molecule has 1 rings (SSSR count). The Labute approximate surface area is 63.4 Å². The van der Waals surface area contributed by atoms with Crippen LogP contribution in [0.2, 0.25) is 0 Å². The number of rotatable bonds is 3. The highest BCUT2D eigenvalue weighted by Gasteiger charge is 2.36. The molecular weight excluding hydrogens is 124 g/mol. The van der Waals surface area contributed by atoms with Crippen molar-refractivity contribution in [2.75, 3.05) is 0 Å². The van der Waals surface area contributed by atoms with E-state index in [0.717, 1.165) is 24.2 Å². The van der Waals surface area contributed by atoms with Crippen LogP contribution in [0.4, 0.5) is 0 Å². The molecule has 1 fully saturated rings. The van der Waals surface area contributed by atoms with Gasteiger partial charge in [-0.05, 0) is 37.5 Å². The summed E-state index contributed by atoms with van der Waals surface area (Å²) in [4.78, 5) is 0. The van der Waals surface area contributed by atoms with Gasteiger partial charge in [-0.2, -0.15) is 0 Å². The van der Waals surface area contributed by atoms with Crippen LogP contribution in [0.5, 0.6) is 0 Å². The second-order valence-electron chi connectivity index (χ2n) is 3.94. The van der Waals surface area contributed by atoms with E-state index in [1.165, 1.54) is 6.42 Å².